The van der Waals surface area contributed by atoms with Crippen LogP contribution in [-0.4, -0.2) is 68.7 Å². The van der Waals surface area contributed by atoms with Crippen LogP contribution in [0.3, 0.4) is 0 Å². The Morgan fingerprint density at radius 1 is 1.00 bits per heavy atom. The number of pyridine rings is 1. The van der Waals surface area contributed by atoms with Gasteiger partial charge in [0.15, 0.2) is 11.5 Å². The van der Waals surface area contributed by atoms with E-state index in [0.29, 0.717) is 24.7 Å². The molecular formula is C20H22N4O7S. The predicted octanol–water partition coefficient (Wildman–Crippen LogP) is -0.368. The maximum Gasteiger partial charge on any atom is 0.309 e. The molecule has 2 aliphatic heterocycles. The van der Waals surface area contributed by atoms with Crippen molar-refractivity contribution >= 4 is 21.8 Å². The van der Waals surface area contributed by atoms with Crippen molar-refractivity contribution < 1.29 is 32.2 Å². The number of ether oxygens (including phenoxy) is 3. The monoisotopic (exact) mass is 462 g/mol. The number of aromatic nitrogens is 1. The summed E-state index contributed by atoms with van der Waals surface area (Å²) in [6.45, 7) is 1.01. The van der Waals surface area contributed by atoms with Gasteiger partial charge in [-0.25, -0.2) is 8.42 Å². The van der Waals surface area contributed by atoms with Crippen molar-refractivity contribution in [2.45, 2.75) is 17.7 Å². The van der Waals surface area contributed by atoms with Gasteiger partial charge in [-0.2, -0.15) is 4.31 Å². The van der Waals surface area contributed by atoms with Crippen molar-refractivity contribution in [2.75, 3.05) is 32.9 Å². The van der Waals surface area contributed by atoms with Gasteiger partial charge in [-0.1, -0.05) is 0 Å². The highest BCUT2D eigenvalue weighted by Gasteiger charge is 2.37. The van der Waals surface area contributed by atoms with Crippen molar-refractivity contribution in [3.05, 3.63) is 48.3 Å². The smallest absolute Gasteiger partial charge is 0.309 e. The molecule has 0 saturated carbocycles. The van der Waals surface area contributed by atoms with E-state index in [4.69, 9.17) is 14.2 Å². The molecule has 2 amide bonds. The molecule has 1 saturated heterocycles. The second-order valence-electron chi connectivity index (χ2n) is 6.99. The molecule has 3 heterocycles. The van der Waals surface area contributed by atoms with Crippen molar-refractivity contribution in [3.8, 4) is 11.5 Å². The summed E-state index contributed by atoms with van der Waals surface area (Å²) in [5, 5.41) is 4.92. The quantitative estimate of drug-likeness (QED) is 0.555. The number of rotatable bonds is 6. The summed E-state index contributed by atoms with van der Waals surface area (Å²) in [6, 6.07) is 7.81. The molecule has 32 heavy (non-hydrogen) atoms. The van der Waals surface area contributed by atoms with E-state index in [0.717, 1.165) is 9.87 Å². The molecule has 0 aliphatic carbocycles. The number of benzene rings is 1. The standard InChI is InChI=1S/C20H22N4O7S/c25-19(22-12-14-3-5-21-6-4-14)20(26)23-13-18-24(7-8-31-18)32(27,28)15-1-2-16-17(11-15)30-10-9-29-16/h1-6,11,18H,7-10,12-13H2,(H,22,25)(H,23,26)/t18-/m1/s1. The van der Waals surface area contributed by atoms with Crippen LogP contribution in [0.2, 0.25) is 0 Å². The molecule has 1 fully saturated rings. The van der Waals surface area contributed by atoms with E-state index in [-0.39, 0.29) is 31.1 Å². The van der Waals surface area contributed by atoms with Crippen molar-refractivity contribution in [1.29, 1.82) is 0 Å². The number of carbonyl (C=O) groups is 2. The molecular weight excluding hydrogens is 440 g/mol. The summed E-state index contributed by atoms with van der Waals surface area (Å²) in [7, 11) is -3.92. The zero-order valence-electron chi connectivity index (χ0n) is 17.0. The largest absolute Gasteiger partial charge is 0.486 e. The Balaban J connectivity index is 1.36. The molecule has 0 unspecified atom stereocenters. The second-order valence-corrected chi connectivity index (χ2v) is 8.89. The molecule has 0 bridgehead atoms. The molecule has 1 atom stereocenters. The number of amides is 2. The van der Waals surface area contributed by atoms with Gasteiger partial charge in [-0.15, -0.1) is 0 Å². The van der Waals surface area contributed by atoms with Crippen molar-refractivity contribution in [2.24, 2.45) is 0 Å². The zero-order valence-corrected chi connectivity index (χ0v) is 17.8. The van der Waals surface area contributed by atoms with Crippen LogP contribution in [0.25, 0.3) is 0 Å². The van der Waals surface area contributed by atoms with Gasteiger partial charge in [0.2, 0.25) is 10.0 Å². The van der Waals surface area contributed by atoms with Gasteiger partial charge in [0.05, 0.1) is 18.0 Å². The molecule has 1 aromatic carbocycles. The van der Waals surface area contributed by atoms with Gasteiger partial charge in [-0.05, 0) is 29.8 Å². The van der Waals surface area contributed by atoms with Crippen LogP contribution in [0.5, 0.6) is 11.5 Å². The molecule has 0 spiro atoms. The minimum Gasteiger partial charge on any atom is -0.486 e. The van der Waals surface area contributed by atoms with Crippen LogP contribution >= 0.6 is 0 Å². The van der Waals surface area contributed by atoms with E-state index in [9.17, 15) is 18.0 Å². The normalized spacial score (nSPS) is 18.2. The summed E-state index contributed by atoms with van der Waals surface area (Å²) in [5.41, 5.74) is 0.789. The van der Waals surface area contributed by atoms with Gasteiger partial charge in [-0.3, -0.25) is 14.6 Å². The first kappa shape index (κ1) is 22.0. The van der Waals surface area contributed by atoms with E-state index < -0.39 is 28.1 Å². The third-order valence-corrected chi connectivity index (χ3v) is 6.79. The zero-order chi connectivity index (χ0) is 22.6. The maximum atomic E-state index is 13.1. The summed E-state index contributed by atoms with van der Waals surface area (Å²) < 4.78 is 43.8. The fourth-order valence-corrected chi connectivity index (χ4v) is 4.81. The minimum atomic E-state index is -3.92. The summed E-state index contributed by atoms with van der Waals surface area (Å²) in [4.78, 5) is 28.0. The minimum absolute atomic E-state index is 0.0265. The van der Waals surface area contributed by atoms with E-state index in [1.54, 1.807) is 30.6 Å². The average Bonchev–Trinajstić information content (AvgIpc) is 3.31. The number of sulfonamides is 1. The fourth-order valence-electron chi connectivity index (χ4n) is 3.28. The Morgan fingerprint density at radius 2 is 1.72 bits per heavy atom. The lowest BCUT2D eigenvalue weighted by Gasteiger charge is -2.24. The third kappa shape index (κ3) is 4.82. The van der Waals surface area contributed by atoms with Crippen LogP contribution < -0.4 is 20.1 Å². The molecule has 170 valence electrons. The van der Waals surface area contributed by atoms with Gasteiger partial charge in [0, 0.05) is 31.5 Å². The van der Waals surface area contributed by atoms with Gasteiger partial charge < -0.3 is 24.8 Å². The van der Waals surface area contributed by atoms with Crippen molar-refractivity contribution in [1.82, 2.24) is 19.9 Å². The highest BCUT2D eigenvalue weighted by Crippen LogP contribution is 2.34. The SMILES string of the molecule is O=C(NCc1ccncc1)C(=O)NC[C@H]1OCCN1S(=O)(=O)c1ccc2c(c1)OCCO2. The number of hydrogen-bond acceptors (Lipinski definition) is 8. The Labute approximate surface area is 184 Å². The second kappa shape index (κ2) is 9.51. The van der Waals surface area contributed by atoms with Crippen molar-refractivity contribution in [3.63, 3.8) is 0 Å². The summed E-state index contributed by atoms with van der Waals surface area (Å²) in [5.74, 6) is -0.880. The summed E-state index contributed by atoms with van der Waals surface area (Å²) in [6.07, 6.45) is 2.22. The molecule has 2 aromatic rings. The van der Waals surface area contributed by atoms with Crippen LogP contribution in [-0.2, 0) is 30.9 Å². The van der Waals surface area contributed by atoms with Crippen LogP contribution in [0, 0.1) is 0 Å². The lowest BCUT2D eigenvalue weighted by Crippen LogP contribution is -2.47. The molecule has 12 heteroatoms. The maximum absolute atomic E-state index is 13.1. The lowest BCUT2D eigenvalue weighted by atomic mass is 10.3. The first-order chi connectivity index (χ1) is 15.4. The van der Waals surface area contributed by atoms with E-state index in [1.807, 2.05) is 0 Å². The van der Waals surface area contributed by atoms with Gasteiger partial charge >= 0.3 is 11.8 Å². The molecule has 2 N–H and O–H groups in total. The molecule has 11 nitrogen and oxygen atoms in total. The first-order valence-corrected chi connectivity index (χ1v) is 11.4. The molecule has 1 aromatic heterocycles. The number of nitrogens with one attached hydrogen (secondary N) is 2. The number of hydrogen-bond donors (Lipinski definition) is 2. The average molecular weight is 462 g/mol. The lowest BCUT2D eigenvalue weighted by molar-refractivity contribution is -0.139. The Kier molecular flexibility index (Phi) is 6.53. The van der Waals surface area contributed by atoms with Gasteiger partial charge in [0.1, 0.15) is 19.4 Å². The Bertz CT molecular complexity index is 1090. The fraction of sp³-hybridized carbons (Fsp3) is 0.350. The third-order valence-electron chi connectivity index (χ3n) is 4.91. The Hall–Kier alpha value is -3.22. The van der Waals surface area contributed by atoms with E-state index >= 15 is 0 Å². The first-order valence-electron chi connectivity index (χ1n) is 9.93. The highest BCUT2D eigenvalue weighted by atomic mass is 32.2. The van der Waals surface area contributed by atoms with E-state index in [1.165, 1.54) is 12.1 Å². The topological polar surface area (TPSA) is 136 Å². The number of nitrogens with zero attached hydrogens (tertiary/aromatic N) is 2. The van der Waals surface area contributed by atoms with Crippen LogP contribution in [0.15, 0.2) is 47.6 Å². The number of fused-ring (bicyclic) bond motifs is 1. The molecule has 0 radical (unpaired) electrons. The van der Waals surface area contributed by atoms with E-state index in [2.05, 4.69) is 15.6 Å². The van der Waals surface area contributed by atoms with Crippen LogP contribution in [0.1, 0.15) is 5.56 Å². The molecule has 4 rings (SSSR count). The van der Waals surface area contributed by atoms with Crippen LogP contribution in [0.4, 0.5) is 0 Å². The highest BCUT2D eigenvalue weighted by molar-refractivity contribution is 7.89. The molecule has 2 aliphatic rings. The van der Waals surface area contributed by atoms with Gasteiger partial charge in [0.25, 0.3) is 0 Å². The summed E-state index contributed by atoms with van der Waals surface area (Å²) >= 11 is 0. The number of carbonyl (C=O) groups excluding carboxylic acids is 2. The predicted molar refractivity (Wildman–Crippen MR) is 110 cm³/mol. The Morgan fingerprint density at radius 3 is 2.50 bits per heavy atom.